The number of esters is 1. The lowest BCUT2D eigenvalue weighted by atomic mass is 10.0. The van der Waals surface area contributed by atoms with Gasteiger partial charge in [-0.05, 0) is 47.9 Å². The molecule has 3 aromatic rings. The molecule has 7 heteroatoms. The maximum absolute atomic E-state index is 12.9. The smallest absolute Gasteiger partial charge is 0.338 e. The molecule has 0 radical (unpaired) electrons. The minimum atomic E-state index is -3.58. The van der Waals surface area contributed by atoms with Crippen molar-refractivity contribution in [2.24, 2.45) is 0 Å². The van der Waals surface area contributed by atoms with Gasteiger partial charge in [0.05, 0.1) is 10.5 Å². The number of hydrogen-bond donors (Lipinski definition) is 0. The topological polar surface area (TPSA) is 80.8 Å². The minimum absolute atomic E-state index is 0.155. The van der Waals surface area contributed by atoms with Crippen molar-refractivity contribution in [3.05, 3.63) is 77.9 Å². The Morgan fingerprint density at radius 3 is 2.19 bits per heavy atom. The number of fused-ring (bicyclic) bond motifs is 1. The minimum Gasteiger partial charge on any atom is -0.454 e. The SMILES string of the molecule is O=C(OCC(=O)c1cccc2ccccc12)c1ccc(S(=O)(=O)N2CCCCCC2)cc1. The molecule has 4 rings (SSSR count). The van der Waals surface area contributed by atoms with Gasteiger partial charge in [0.2, 0.25) is 15.8 Å². The lowest BCUT2D eigenvalue weighted by Crippen LogP contribution is -2.31. The zero-order chi connectivity index (χ0) is 22.6. The Hall–Kier alpha value is -3.03. The van der Waals surface area contributed by atoms with Crippen LogP contribution < -0.4 is 0 Å². The fourth-order valence-electron chi connectivity index (χ4n) is 3.95. The first-order valence-corrected chi connectivity index (χ1v) is 12.2. The van der Waals surface area contributed by atoms with Gasteiger partial charge in [-0.15, -0.1) is 0 Å². The van der Waals surface area contributed by atoms with Crippen molar-refractivity contribution >= 4 is 32.5 Å². The molecule has 32 heavy (non-hydrogen) atoms. The van der Waals surface area contributed by atoms with Crippen LogP contribution in [0.2, 0.25) is 0 Å². The fraction of sp³-hybridized carbons (Fsp3) is 0.280. The van der Waals surface area contributed by atoms with Crippen LogP contribution in [0.1, 0.15) is 46.4 Å². The Labute approximate surface area is 187 Å². The molecule has 1 aliphatic heterocycles. The summed E-state index contributed by atoms with van der Waals surface area (Å²) in [7, 11) is -3.58. The van der Waals surface area contributed by atoms with Crippen LogP contribution in [0.15, 0.2) is 71.6 Å². The molecule has 0 N–H and O–H groups in total. The first-order chi connectivity index (χ1) is 15.5. The standard InChI is InChI=1S/C25H25NO5S/c27-24(23-11-7-9-19-8-3-4-10-22(19)23)18-31-25(28)20-12-14-21(15-13-20)32(29,30)26-16-5-1-2-6-17-26/h3-4,7-15H,1-2,5-6,16-18H2. The number of benzene rings is 3. The molecule has 6 nitrogen and oxygen atoms in total. The molecular weight excluding hydrogens is 426 g/mol. The Morgan fingerprint density at radius 1 is 0.812 bits per heavy atom. The van der Waals surface area contributed by atoms with Gasteiger partial charge in [0, 0.05) is 18.7 Å². The number of ether oxygens (including phenoxy) is 1. The zero-order valence-corrected chi connectivity index (χ0v) is 18.5. The highest BCUT2D eigenvalue weighted by Gasteiger charge is 2.25. The van der Waals surface area contributed by atoms with Crippen molar-refractivity contribution in [3.8, 4) is 0 Å². The molecule has 0 saturated carbocycles. The first kappa shape index (κ1) is 22.2. The second-order valence-corrected chi connectivity index (χ2v) is 9.81. The van der Waals surface area contributed by atoms with E-state index >= 15 is 0 Å². The van der Waals surface area contributed by atoms with E-state index in [1.54, 1.807) is 12.1 Å². The molecule has 1 fully saturated rings. The third-order valence-electron chi connectivity index (χ3n) is 5.72. The van der Waals surface area contributed by atoms with E-state index in [1.807, 2.05) is 30.3 Å². The van der Waals surface area contributed by atoms with Crippen molar-refractivity contribution in [1.29, 1.82) is 0 Å². The highest BCUT2D eigenvalue weighted by Crippen LogP contribution is 2.22. The molecule has 3 aromatic carbocycles. The van der Waals surface area contributed by atoms with E-state index in [9.17, 15) is 18.0 Å². The van der Waals surface area contributed by atoms with Crippen LogP contribution in [-0.2, 0) is 14.8 Å². The Balaban J connectivity index is 1.42. The van der Waals surface area contributed by atoms with Gasteiger partial charge in [0.25, 0.3) is 0 Å². The number of carbonyl (C=O) groups is 2. The van der Waals surface area contributed by atoms with Crippen LogP contribution in [0.3, 0.4) is 0 Å². The quantitative estimate of drug-likeness (QED) is 0.409. The predicted octanol–water partition coefficient (Wildman–Crippen LogP) is 4.44. The maximum Gasteiger partial charge on any atom is 0.338 e. The summed E-state index contributed by atoms with van der Waals surface area (Å²) in [4.78, 5) is 25.2. The summed E-state index contributed by atoms with van der Waals surface area (Å²) >= 11 is 0. The molecule has 1 saturated heterocycles. The molecule has 0 spiro atoms. The van der Waals surface area contributed by atoms with E-state index in [2.05, 4.69) is 0 Å². The summed E-state index contributed by atoms with van der Waals surface area (Å²) < 4.78 is 32.4. The van der Waals surface area contributed by atoms with E-state index in [-0.39, 0.29) is 22.8 Å². The van der Waals surface area contributed by atoms with Crippen LogP contribution >= 0.6 is 0 Å². The fourth-order valence-corrected chi connectivity index (χ4v) is 5.47. The number of Topliss-reactive ketones (excluding diaryl/α,β-unsaturated/α-hetero) is 1. The highest BCUT2D eigenvalue weighted by atomic mass is 32.2. The molecule has 0 aromatic heterocycles. The van der Waals surface area contributed by atoms with Crippen molar-refractivity contribution in [2.45, 2.75) is 30.6 Å². The third kappa shape index (κ3) is 4.74. The van der Waals surface area contributed by atoms with Gasteiger partial charge in [0.1, 0.15) is 0 Å². The average molecular weight is 452 g/mol. The Morgan fingerprint density at radius 2 is 1.47 bits per heavy atom. The van der Waals surface area contributed by atoms with Crippen molar-refractivity contribution in [2.75, 3.05) is 19.7 Å². The first-order valence-electron chi connectivity index (χ1n) is 10.7. The molecule has 0 bridgehead atoms. The van der Waals surface area contributed by atoms with Crippen LogP contribution in [0.5, 0.6) is 0 Å². The van der Waals surface area contributed by atoms with E-state index in [0.29, 0.717) is 18.7 Å². The van der Waals surface area contributed by atoms with Crippen LogP contribution in [0, 0.1) is 0 Å². The molecule has 1 aliphatic rings. The lowest BCUT2D eigenvalue weighted by Gasteiger charge is -2.20. The van der Waals surface area contributed by atoms with Crippen molar-refractivity contribution in [3.63, 3.8) is 0 Å². The van der Waals surface area contributed by atoms with Gasteiger partial charge in [-0.1, -0.05) is 55.3 Å². The summed E-state index contributed by atoms with van der Waals surface area (Å²) in [6, 6.07) is 18.6. The molecule has 0 atom stereocenters. The lowest BCUT2D eigenvalue weighted by molar-refractivity contribution is 0.0475. The second-order valence-electron chi connectivity index (χ2n) is 7.87. The number of nitrogens with zero attached hydrogens (tertiary/aromatic N) is 1. The van der Waals surface area contributed by atoms with E-state index in [0.717, 1.165) is 36.5 Å². The van der Waals surface area contributed by atoms with Gasteiger partial charge in [-0.3, -0.25) is 4.79 Å². The number of carbonyl (C=O) groups excluding carboxylic acids is 2. The third-order valence-corrected chi connectivity index (χ3v) is 7.63. The monoisotopic (exact) mass is 451 g/mol. The summed E-state index contributed by atoms with van der Waals surface area (Å²) in [5.74, 6) is -0.965. The van der Waals surface area contributed by atoms with Gasteiger partial charge < -0.3 is 4.74 Å². The van der Waals surface area contributed by atoms with E-state index < -0.39 is 16.0 Å². The van der Waals surface area contributed by atoms with Gasteiger partial charge >= 0.3 is 5.97 Å². The Bertz CT molecular complexity index is 1220. The molecule has 166 valence electrons. The summed E-state index contributed by atoms with van der Waals surface area (Å²) in [6.45, 7) is 0.644. The van der Waals surface area contributed by atoms with Gasteiger partial charge in [-0.25, -0.2) is 13.2 Å². The van der Waals surface area contributed by atoms with Crippen LogP contribution in [0.4, 0.5) is 0 Å². The normalized spacial score (nSPS) is 15.2. The number of hydrogen-bond acceptors (Lipinski definition) is 5. The summed E-state index contributed by atoms with van der Waals surface area (Å²) in [5.41, 5.74) is 0.695. The molecule has 0 unspecified atom stereocenters. The zero-order valence-electron chi connectivity index (χ0n) is 17.7. The Kier molecular flexibility index (Phi) is 6.67. The van der Waals surface area contributed by atoms with Gasteiger partial charge in [0.15, 0.2) is 6.61 Å². The van der Waals surface area contributed by atoms with Crippen molar-refractivity contribution in [1.82, 2.24) is 4.31 Å². The average Bonchev–Trinajstić information content (AvgIpc) is 3.12. The summed E-state index contributed by atoms with van der Waals surface area (Å²) in [5, 5.41) is 1.74. The van der Waals surface area contributed by atoms with E-state index in [1.165, 1.54) is 28.6 Å². The highest BCUT2D eigenvalue weighted by molar-refractivity contribution is 7.89. The number of sulfonamides is 1. The molecule has 1 heterocycles. The molecule has 0 aliphatic carbocycles. The largest absolute Gasteiger partial charge is 0.454 e. The number of ketones is 1. The van der Waals surface area contributed by atoms with E-state index in [4.69, 9.17) is 4.74 Å². The predicted molar refractivity (Wildman–Crippen MR) is 122 cm³/mol. The maximum atomic E-state index is 12.9. The summed E-state index contributed by atoms with van der Waals surface area (Å²) in [6.07, 6.45) is 3.78. The second kappa shape index (κ2) is 9.63. The van der Waals surface area contributed by atoms with Crippen LogP contribution in [-0.4, -0.2) is 44.2 Å². The van der Waals surface area contributed by atoms with Gasteiger partial charge in [-0.2, -0.15) is 4.31 Å². The molecular formula is C25H25NO5S. The number of rotatable bonds is 6. The van der Waals surface area contributed by atoms with Crippen LogP contribution in [0.25, 0.3) is 10.8 Å². The molecule has 0 amide bonds. The van der Waals surface area contributed by atoms with Crippen molar-refractivity contribution < 1.29 is 22.7 Å².